The number of rotatable bonds is 1. The van der Waals surface area contributed by atoms with E-state index in [-0.39, 0.29) is 5.75 Å². The highest BCUT2D eigenvalue weighted by Crippen LogP contribution is 2.21. The Labute approximate surface area is 106 Å². The first-order chi connectivity index (χ1) is 8.29. The van der Waals surface area contributed by atoms with E-state index in [4.69, 9.17) is 11.6 Å². The molecule has 0 heterocycles. The Bertz CT molecular complexity index is 544. The predicted molar refractivity (Wildman–Crippen MR) is 71.1 cm³/mol. The van der Waals surface area contributed by atoms with Crippen molar-refractivity contribution in [3.63, 3.8) is 0 Å². The van der Waals surface area contributed by atoms with Crippen LogP contribution in [-0.4, -0.2) is 11.0 Å². The molecule has 1 N–H and O–H groups in total. The molecule has 2 rings (SSSR count). The standard InChI is InChI=1S/C15H11ClO/c16-11-1-2-12-3-5-13(6-4-12)14-7-9-15(17)10-8-14/h3-10,17H,11H2. The van der Waals surface area contributed by atoms with E-state index < -0.39 is 0 Å². The molecule has 0 atom stereocenters. The monoisotopic (exact) mass is 242 g/mol. The number of benzene rings is 2. The number of phenols is 1. The summed E-state index contributed by atoms with van der Waals surface area (Å²) in [6.07, 6.45) is 0. The molecule has 0 spiro atoms. The maximum atomic E-state index is 9.21. The van der Waals surface area contributed by atoms with Crippen LogP contribution in [0.3, 0.4) is 0 Å². The number of phenolic OH excluding ortho intramolecular Hbond substituents is 1. The highest BCUT2D eigenvalue weighted by Gasteiger charge is 1.97. The summed E-state index contributed by atoms with van der Waals surface area (Å²) in [5.41, 5.74) is 3.12. The zero-order valence-electron chi connectivity index (χ0n) is 9.15. The summed E-state index contributed by atoms with van der Waals surface area (Å²) in [5.74, 6) is 6.40. The largest absolute Gasteiger partial charge is 0.508 e. The van der Waals surface area contributed by atoms with Crippen molar-refractivity contribution in [2.45, 2.75) is 0 Å². The molecule has 0 fully saturated rings. The van der Waals surface area contributed by atoms with Gasteiger partial charge in [0.15, 0.2) is 0 Å². The van der Waals surface area contributed by atoms with Crippen molar-refractivity contribution in [3.05, 3.63) is 54.1 Å². The van der Waals surface area contributed by atoms with Gasteiger partial charge in [-0.2, -0.15) is 0 Å². The molecule has 17 heavy (non-hydrogen) atoms. The maximum Gasteiger partial charge on any atom is 0.115 e. The number of halogens is 1. The maximum absolute atomic E-state index is 9.21. The molecule has 0 bridgehead atoms. The zero-order chi connectivity index (χ0) is 12.1. The number of alkyl halides is 1. The minimum atomic E-state index is 0.276. The molecule has 0 saturated heterocycles. The summed E-state index contributed by atoms with van der Waals surface area (Å²) in [6, 6.07) is 15.1. The van der Waals surface area contributed by atoms with Crippen LogP contribution in [0.1, 0.15) is 5.56 Å². The van der Waals surface area contributed by atoms with E-state index >= 15 is 0 Å². The Hall–Kier alpha value is -1.91. The molecule has 1 nitrogen and oxygen atoms in total. The van der Waals surface area contributed by atoms with E-state index in [1.165, 1.54) is 0 Å². The van der Waals surface area contributed by atoms with Gasteiger partial charge in [0, 0.05) is 5.56 Å². The van der Waals surface area contributed by atoms with Gasteiger partial charge in [-0.1, -0.05) is 36.1 Å². The lowest BCUT2D eigenvalue weighted by molar-refractivity contribution is 0.475. The molecule has 2 aromatic rings. The molecular formula is C15H11ClO. The third kappa shape index (κ3) is 3.03. The molecule has 0 aliphatic heterocycles. The highest BCUT2D eigenvalue weighted by atomic mass is 35.5. The molecule has 2 aromatic carbocycles. The summed E-state index contributed by atoms with van der Waals surface area (Å²) >= 11 is 5.50. The van der Waals surface area contributed by atoms with Gasteiger partial charge in [0.25, 0.3) is 0 Å². The average Bonchev–Trinajstić information content (AvgIpc) is 2.38. The third-order valence-corrected chi connectivity index (χ3v) is 2.52. The summed E-state index contributed by atoms with van der Waals surface area (Å²) in [4.78, 5) is 0. The van der Waals surface area contributed by atoms with E-state index in [2.05, 4.69) is 11.8 Å². The molecule has 84 valence electrons. The molecule has 0 unspecified atom stereocenters. The molecule has 0 aromatic heterocycles. The van der Waals surface area contributed by atoms with E-state index in [0.29, 0.717) is 5.88 Å². The Kier molecular flexibility index (Phi) is 3.69. The van der Waals surface area contributed by atoms with Crippen molar-refractivity contribution >= 4 is 11.6 Å². The molecule has 0 amide bonds. The Morgan fingerprint density at radius 3 is 1.94 bits per heavy atom. The molecule has 2 heteroatoms. The second kappa shape index (κ2) is 5.43. The van der Waals surface area contributed by atoms with E-state index in [0.717, 1.165) is 16.7 Å². The van der Waals surface area contributed by atoms with E-state index in [1.807, 2.05) is 36.4 Å². The van der Waals surface area contributed by atoms with Crippen molar-refractivity contribution in [3.8, 4) is 28.7 Å². The minimum Gasteiger partial charge on any atom is -0.508 e. The molecule has 0 radical (unpaired) electrons. The van der Waals surface area contributed by atoms with Crippen LogP contribution in [0.2, 0.25) is 0 Å². The van der Waals surface area contributed by atoms with Gasteiger partial charge in [-0.05, 0) is 35.4 Å². The zero-order valence-corrected chi connectivity index (χ0v) is 9.91. The predicted octanol–water partition coefficient (Wildman–Crippen LogP) is 3.65. The lowest BCUT2D eigenvalue weighted by Gasteiger charge is -2.01. The first-order valence-corrected chi connectivity index (χ1v) is 5.77. The van der Waals surface area contributed by atoms with Crippen LogP contribution >= 0.6 is 11.6 Å². The van der Waals surface area contributed by atoms with Gasteiger partial charge in [0.2, 0.25) is 0 Å². The Morgan fingerprint density at radius 1 is 0.882 bits per heavy atom. The van der Waals surface area contributed by atoms with Crippen LogP contribution in [0.4, 0.5) is 0 Å². The van der Waals surface area contributed by atoms with Crippen LogP contribution in [0.25, 0.3) is 11.1 Å². The Balaban J connectivity index is 2.26. The fourth-order valence-electron chi connectivity index (χ4n) is 1.54. The lowest BCUT2D eigenvalue weighted by Crippen LogP contribution is -1.79. The van der Waals surface area contributed by atoms with Crippen molar-refractivity contribution in [1.29, 1.82) is 0 Å². The second-order valence-electron chi connectivity index (χ2n) is 3.56. The summed E-state index contributed by atoms with van der Waals surface area (Å²) in [5, 5.41) is 9.21. The van der Waals surface area contributed by atoms with Crippen LogP contribution in [0.15, 0.2) is 48.5 Å². The van der Waals surface area contributed by atoms with Gasteiger partial charge in [-0.3, -0.25) is 0 Å². The molecule has 0 saturated carbocycles. The fraction of sp³-hybridized carbons (Fsp3) is 0.0667. The van der Waals surface area contributed by atoms with Crippen molar-refractivity contribution < 1.29 is 5.11 Å². The fourth-order valence-corrected chi connectivity index (χ4v) is 1.60. The van der Waals surface area contributed by atoms with Crippen molar-refractivity contribution in [2.75, 3.05) is 5.88 Å². The van der Waals surface area contributed by atoms with Gasteiger partial charge in [-0.25, -0.2) is 0 Å². The quantitative estimate of drug-likeness (QED) is 0.598. The first kappa shape index (κ1) is 11.6. The van der Waals surface area contributed by atoms with Gasteiger partial charge < -0.3 is 5.11 Å². The van der Waals surface area contributed by atoms with Gasteiger partial charge >= 0.3 is 0 Å². The first-order valence-electron chi connectivity index (χ1n) is 5.24. The van der Waals surface area contributed by atoms with Crippen molar-refractivity contribution in [1.82, 2.24) is 0 Å². The minimum absolute atomic E-state index is 0.276. The van der Waals surface area contributed by atoms with E-state index in [9.17, 15) is 5.11 Å². The summed E-state index contributed by atoms with van der Waals surface area (Å²) in [6.45, 7) is 0. The lowest BCUT2D eigenvalue weighted by atomic mass is 10.0. The number of aromatic hydroxyl groups is 1. The smallest absolute Gasteiger partial charge is 0.115 e. The van der Waals surface area contributed by atoms with Crippen LogP contribution in [0, 0.1) is 11.8 Å². The average molecular weight is 243 g/mol. The molecular weight excluding hydrogens is 232 g/mol. The number of hydrogen-bond acceptors (Lipinski definition) is 1. The normalized spacial score (nSPS) is 9.47. The van der Waals surface area contributed by atoms with Crippen LogP contribution in [-0.2, 0) is 0 Å². The topological polar surface area (TPSA) is 20.2 Å². The van der Waals surface area contributed by atoms with Gasteiger partial charge in [0.05, 0.1) is 5.88 Å². The van der Waals surface area contributed by atoms with Gasteiger partial charge in [-0.15, -0.1) is 11.6 Å². The van der Waals surface area contributed by atoms with Gasteiger partial charge in [0.1, 0.15) is 5.75 Å². The molecule has 0 aliphatic carbocycles. The Morgan fingerprint density at radius 2 is 1.41 bits per heavy atom. The SMILES string of the molecule is Oc1ccc(-c2ccc(C#CCCl)cc2)cc1. The summed E-state index contributed by atoms with van der Waals surface area (Å²) < 4.78 is 0. The highest BCUT2D eigenvalue weighted by molar-refractivity contribution is 6.19. The number of hydrogen-bond donors (Lipinski definition) is 1. The van der Waals surface area contributed by atoms with Crippen molar-refractivity contribution in [2.24, 2.45) is 0 Å². The van der Waals surface area contributed by atoms with E-state index in [1.54, 1.807) is 12.1 Å². The summed E-state index contributed by atoms with van der Waals surface area (Å²) in [7, 11) is 0. The van der Waals surface area contributed by atoms with Crippen LogP contribution < -0.4 is 0 Å². The third-order valence-electron chi connectivity index (χ3n) is 2.39. The molecule has 0 aliphatic rings. The van der Waals surface area contributed by atoms with Crippen LogP contribution in [0.5, 0.6) is 5.75 Å². The second-order valence-corrected chi connectivity index (χ2v) is 3.83.